The predicted octanol–water partition coefficient (Wildman–Crippen LogP) is 2.97. The molecule has 1 amide bonds. The lowest BCUT2D eigenvalue weighted by Crippen LogP contribution is -2.39. The first-order valence-corrected chi connectivity index (χ1v) is 6.69. The summed E-state index contributed by atoms with van der Waals surface area (Å²) in [5, 5.41) is 2.66. The number of benzene rings is 1. The lowest BCUT2D eigenvalue weighted by atomic mass is 10.2. The second kappa shape index (κ2) is 6.48. The van der Waals surface area contributed by atoms with Crippen molar-refractivity contribution in [2.45, 2.75) is 19.9 Å². The van der Waals surface area contributed by atoms with Crippen molar-refractivity contribution in [1.82, 2.24) is 0 Å². The number of amides is 1. The van der Waals surface area contributed by atoms with Crippen LogP contribution in [0.25, 0.3) is 0 Å². The van der Waals surface area contributed by atoms with Crippen molar-refractivity contribution in [3.05, 3.63) is 59.1 Å². The Labute approximate surface area is 122 Å². The summed E-state index contributed by atoms with van der Waals surface area (Å²) in [5.41, 5.74) is 1.69. The molecular weight excluding hydrogens is 279 g/mol. The number of halogens is 2. The van der Waals surface area contributed by atoms with Crippen LogP contribution in [0.4, 0.5) is 10.1 Å². The molecule has 0 fully saturated rings. The van der Waals surface area contributed by atoms with E-state index in [1.54, 1.807) is 4.57 Å². The number of nitrogens with zero attached hydrogens (tertiary/aromatic N) is 1. The zero-order chi connectivity index (χ0) is 14.5. The molecule has 0 aliphatic heterocycles. The van der Waals surface area contributed by atoms with Crippen molar-refractivity contribution in [2.75, 3.05) is 5.32 Å². The van der Waals surface area contributed by atoms with Crippen LogP contribution in [0.15, 0.2) is 42.7 Å². The van der Waals surface area contributed by atoms with Crippen LogP contribution in [-0.2, 0) is 17.8 Å². The number of carbonyl (C=O) groups is 1. The van der Waals surface area contributed by atoms with Crippen LogP contribution in [0.1, 0.15) is 12.5 Å². The van der Waals surface area contributed by atoms with Crippen molar-refractivity contribution >= 4 is 23.2 Å². The topological polar surface area (TPSA) is 33.0 Å². The largest absolute Gasteiger partial charge is 0.321 e. The van der Waals surface area contributed by atoms with Gasteiger partial charge in [0.25, 0.3) is 5.91 Å². The van der Waals surface area contributed by atoms with Crippen LogP contribution in [0.3, 0.4) is 0 Å². The van der Waals surface area contributed by atoms with Gasteiger partial charge in [-0.05, 0) is 30.2 Å². The Morgan fingerprint density at radius 1 is 1.30 bits per heavy atom. The van der Waals surface area contributed by atoms with Gasteiger partial charge in [-0.3, -0.25) is 4.79 Å². The molecule has 0 unspecified atom stereocenters. The van der Waals surface area contributed by atoms with E-state index in [-0.39, 0.29) is 17.5 Å². The SMILES string of the molecule is CCc1cc[n+](CC(=O)Nc2ccc(F)c(Cl)c2)cc1. The van der Waals surface area contributed by atoms with E-state index in [0.29, 0.717) is 5.69 Å². The lowest BCUT2D eigenvalue weighted by molar-refractivity contribution is -0.684. The van der Waals surface area contributed by atoms with Gasteiger partial charge in [-0.2, -0.15) is 4.57 Å². The van der Waals surface area contributed by atoms with Gasteiger partial charge in [0.15, 0.2) is 12.4 Å². The van der Waals surface area contributed by atoms with Crippen molar-refractivity contribution < 1.29 is 13.8 Å². The molecule has 0 aliphatic rings. The molecule has 0 bridgehead atoms. The van der Waals surface area contributed by atoms with Crippen LogP contribution in [0.2, 0.25) is 5.02 Å². The second-order valence-electron chi connectivity index (χ2n) is 4.41. The fourth-order valence-corrected chi connectivity index (χ4v) is 1.95. The van der Waals surface area contributed by atoms with Gasteiger partial charge >= 0.3 is 0 Å². The Kier molecular flexibility index (Phi) is 4.69. The first kappa shape index (κ1) is 14.5. The number of carbonyl (C=O) groups excluding carboxylic acids is 1. The number of hydrogen-bond donors (Lipinski definition) is 1. The van der Waals surface area contributed by atoms with Crippen molar-refractivity contribution in [3.8, 4) is 0 Å². The van der Waals surface area contributed by atoms with Gasteiger partial charge in [0.2, 0.25) is 6.54 Å². The number of pyridine rings is 1. The van der Waals surface area contributed by atoms with E-state index in [0.717, 1.165) is 6.42 Å². The summed E-state index contributed by atoms with van der Waals surface area (Å²) >= 11 is 5.66. The fourth-order valence-electron chi connectivity index (χ4n) is 1.77. The molecule has 0 aliphatic carbocycles. The highest BCUT2D eigenvalue weighted by atomic mass is 35.5. The van der Waals surface area contributed by atoms with Crippen LogP contribution >= 0.6 is 11.6 Å². The molecule has 20 heavy (non-hydrogen) atoms. The molecule has 3 nitrogen and oxygen atoms in total. The molecule has 0 spiro atoms. The van der Waals surface area contributed by atoms with Crippen LogP contribution in [0.5, 0.6) is 0 Å². The highest BCUT2D eigenvalue weighted by molar-refractivity contribution is 6.31. The van der Waals surface area contributed by atoms with Crippen molar-refractivity contribution in [1.29, 1.82) is 0 Å². The first-order chi connectivity index (χ1) is 9.58. The maximum Gasteiger partial charge on any atom is 0.290 e. The Bertz CT molecular complexity index is 614. The van der Waals surface area contributed by atoms with Gasteiger partial charge in [-0.1, -0.05) is 18.5 Å². The minimum atomic E-state index is -0.505. The van der Waals surface area contributed by atoms with Crippen molar-refractivity contribution in [2.24, 2.45) is 0 Å². The summed E-state index contributed by atoms with van der Waals surface area (Å²) in [7, 11) is 0. The van der Waals surface area contributed by atoms with Gasteiger partial charge in [0, 0.05) is 17.8 Å². The monoisotopic (exact) mass is 293 g/mol. The standard InChI is InChI=1S/C15H14ClFN2O/c1-2-11-5-7-19(8-6-11)10-15(20)18-12-3-4-14(17)13(16)9-12/h3-9H,2,10H2,1H3/p+1. The summed E-state index contributed by atoms with van der Waals surface area (Å²) in [6.07, 6.45) is 4.67. The lowest BCUT2D eigenvalue weighted by Gasteiger charge is -2.04. The third-order valence-electron chi connectivity index (χ3n) is 2.90. The maximum absolute atomic E-state index is 13.0. The minimum absolute atomic E-state index is 0.0113. The molecule has 1 aromatic heterocycles. The molecule has 1 aromatic carbocycles. The van der Waals surface area contributed by atoms with Crippen LogP contribution in [-0.4, -0.2) is 5.91 Å². The Morgan fingerprint density at radius 3 is 2.60 bits per heavy atom. The summed E-state index contributed by atoms with van der Waals surface area (Å²) < 4.78 is 14.8. The minimum Gasteiger partial charge on any atom is -0.321 e. The fraction of sp³-hybridized carbons (Fsp3) is 0.200. The number of hydrogen-bond acceptors (Lipinski definition) is 1. The van der Waals surface area contributed by atoms with Gasteiger partial charge in [-0.15, -0.1) is 0 Å². The number of anilines is 1. The van der Waals surface area contributed by atoms with Gasteiger partial charge in [0.05, 0.1) is 5.02 Å². The van der Waals surface area contributed by atoms with E-state index in [2.05, 4.69) is 12.2 Å². The normalized spacial score (nSPS) is 10.3. The Morgan fingerprint density at radius 2 is 2.00 bits per heavy atom. The zero-order valence-corrected chi connectivity index (χ0v) is 11.8. The molecule has 0 atom stereocenters. The predicted molar refractivity (Wildman–Crippen MR) is 76.1 cm³/mol. The molecule has 5 heteroatoms. The molecule has 2 aromatic rings. The molecular formula is C15H15ClFN2O+. The van der Waals surface area contributed by atoms with E-state index in [9.17, 15) is 9.18 Å². The quantitative estimate of drug-likeness (QED) is 0.864. The average molecular weight is 294 g/mol. The molecule has 104 valence electrons. The number of nitrogens with one attached hydrogen (secondary N) is 1. The van der Waals surface area contributed by atoms with Crippen molar-refractivity contribution in [3.63, 3.8) is 0 Å². The second-order valence-corrected chi connectivity index (χ2v) is 4.82. The van der Waals surface area contributed by atoms with Gasteiger partial charge in [-0.25, -0.2) is 4.39 Å². The van der Waals surface area contributed by atoms with Crippen LogP contribution < -0.4 is 9.88 Å². The Balaban J connectivity index is 1.99. The molecule has 1 N–H and O–H groups in total. The van der Waals surface area contributed by atoms with E-state index >= 15 is 0 Å². The summed E-state index contributed by atoms with van der Waals surface area (Å²) in [5.74, 6) is -0.698. The number of aryl methyl sites for hydroxylation is 1. The molecule has 0 saturated heterocycles. The Hall–Kier alpha value is -1.94. The smallest absolute Gasteiger partial charge is 0.290 e. The van der Waals surface area contributed by atoms with E-state index in [4.69, 9.17) is 11.6 Å². The number of rotatable bonds is 4. The highest BCUT2D eigenvalue weighted by Gasteiger charge is 2.10. The molecule has 0 radical (unpaired) electrons. The molecule has 0 saturated carbocycles. The summed E-state index contributed by atoms with van der Waals surface area (Å²) in [6, 6.07) is 8.04. The zero-order valence-electron chi connectivity index (χ0n) is 11.1. The highest BCUT2D eigenvalue weighted by Crippen LogP contribution is 2.19. The van der Waals surface area contributed by atoms with Gasteiger partial charge in [0.1, 0.15) is 5.82 Å². The molecule has 1 heterocycles. The number of aromatic nitrogens is 1. The van der Waals surface area contributed by atoms with E-state index < -0.39 is 5.82 Å². The first-order valence-electron chi connectivity index (χ1n) is 6.31. The molecule has 2 rings (SSSR count). The summed E-state index contributed by atoms with van der Waals surface area (Å²) in [6.45, 7) is 2.27. The maximum atomic E-state index is 13.0. The van der Waals surface area contributed by atoms with Gasteiger partial charge < -0.3 is 5.32 Å². The average Bonchev–Trinajstić information content (AvgIpc) is 2.44. The van der Waals surface area contributed by atoms with E-state index in [1.807, 2.05) is 24.5 Å². The third-order valence-corrected chi connectivity index (χ3v) is 3.19. The van der Waals surface area contributed by atoms with E-state index in [1.165, 1.54) is 23.8 Å². The van der Waals surface area contributed by atoms with Crippen LogP contribution in [0, 0.1) is 5.82 Å². The third kappa shape index (κ3) is 3.78. The summed E-state index contributed by atoms with van der Waals surface area (Å²) in [4.78, 5) is 11.9.